The second-order valence-electron chi connectivity index (χ2n) is 4.25. The number of para-hydroxylation sites is 3. The van der Waals surface area contributed by atoms with E-state index in [1.54, 1.807) is 12.1 Å². The van der Waals surface area contributed by atoms with Gasteiger partial charge in [-0.15, -0.1) is 0 Å². The number of ether oxygens (including phenoxy) is 2. The van der Waals surface area contributed by atoms with Gasteiger partial charge in [0, 0.05) is 6.54 Å². The molecule has 112 valence electrons. The van der Waals surface area contributed by atoms with Crippen LogP contribution in [0.2, 0.25) is 10.0 Å². The van der Waals surface area contributed by atoms with E-state index in [4.69, 9.17) is 32.7 Å². The van der Waals surface area contributed by atoms with Crippen LogP contribution in [0.15, 0.2) is 42.5 Å². The first kappa shape index (κ1) is 15.8. The van der Waals surface area contributed by atoms with Crippen molar-refractivity contribution in [3.63, 3.8) is 0 Å². The predicted molar refractivity (Wildman–Crippen MR) is 88.1 cm³/mol. The Morgan fingerprint density at radius 3 is 2.14 bits per heavy atom. The zero-order valence-corrected chi connectivity index (χ0v) is 13.2. The Kier molecular flexibility index (Phi) is 6.03. The van der Waals surface area contributed by atoms with Crippen LogP contribution in [0.3, 0.4) is 0 Å². The third-order valence-corrected chi connectivity index (χ3v) is 3.40. The molecule has 0 amide bonds. The van der Waals surface area contributed by atoms with Crippen LogP contribution >= 0.6 is 23.2 Å². The van der Waals surface area contributed by atoms with Crippen molar-refractivity contribution in [2.45, 2.75) is 6.92 Å². The summed E-state index contributed by atoms with van der Waals surface area (Å²) < 4.78 is 11.2. The van der Waals surface area contributed by atoms with E-state index in [-0.39, 0.29) is 0 Å². The smallest absolute Gasteiger partial charge is 0.161 e. The molecule has 2 aromatic carbocycles. The summed E-state index contributed by atoms with van der Waals surface area (Å²) in [5.41, 5.74) is 0.725. The quantitative estimate of drug-likeness (QED) is 0.735. The molecule has 3 nitrogen and oxygen atoms in total. The van der Waals surface area contributed by atoms with Crippen LogP contribution in [0.25, 0.3) is 0 Å². The second-order valence-corrected chi connectivity index (χ2v) is 5.07. The van der Waals surface area contributed by atoms with Crippen molar-refractivity contribution >= 4 is 28.9 Å². The third kappa shape index (κ3) is 4.45. The number of benzene rings is 2. The Bertz CT molecular complexity index is 570. The highest BCUT2D eigenvalue weighted by atomic mass is 35.5. The summed E-state index contributed by atoms with van der Waals surface area (Å²) in [7, 11) is 0. The Morgan fingerprint density at radius 1 is 0.905 bits per heavy atom. The Balaban J connectivity index is 1.88. The maximum absolute atomic E-state index is 6.08. The Morgan fingerprint density at radius 2 is 1.52 bits per heavy atom. The van der Waals surface area contributed by atoms with Gasteiger partial charge in [-0.25, -0.2) is 0 Å². The van der Waals surface area contributed by atoms with Crippen molar-refractivity contribution in [3.8, 4) is 11.5 Å². The topological polar surface area (TPSA) is 30.5 Å². The lowest BCUT2D eigenvalue weighted by Gasteiger charge is -2.13. The highest BCUT2D eigenvalue weighted by molar-refractivity contribution is 6.39. The van der Waals surface area contributed by atoms with Crippen molar-refractivity contribution in [2.75, 3.05) is 25.1 Å². The highest BCUT2D eigenvalue weighted by Crippen LogP contribution is 2.30. The lowest BCUT2D eigenvalue weighted by molar-refractivity contribution is 0.284. The van der Waals surface area contributed by atoms with E-state index in [1.165, 1.54) is 0 Å². The molecule has 0 radical (unpaired) electrons. The molecule has 0 aromatic heterocycles. The van der Waals surface area contributed by atoms with Crippen molar-refractivity contribution in [1.82, 2.24) is 0 Å². The fourth-order valence-electron chi connectivity index (χ4n) is 1.85. The summed E-state index contributed by atoms with van der Waals surface area (Å²) in [6.07, 6.45) is 0. The van der Waals surface area contributed by atoms with E-state index in [0.29, 0.717) is 29.8 Å². The van der Waals surface area contributed by atoms with E-state index < -0.39 is 0 Å². The second kappa shape index (κ2) is 8.01. The van der Waals surface area contributed by atoms with Gasteiger partial charge in [0.25, 0.3) is 0 Å². The highest BCUT2D eigenvalue weighted by Gasteiger charge is 2.05. The van der Waals surface area contributed by atoms with Crippen LogP contribution in [-0.2, 0) is 0 Å². The molecule has 0 atom stereocenters. The van der Waals surface area contributed by atoms with Crippen molar-refractivity contribution in [1.29, 1.82) is 0 Å². The summed E-state index contributed by atoms with van der Waals surface area (Å²) >= 11 is 12.2. The van der Waals surface area contributed by atoms with Crippen molar-refractivity contribution in [2.24, 2.45) is 0 Å². The molecule has 0 spiro atoms. The van der Waals surface area contributed by atoms with Crippen LogP contribution in [0.4, 0.5) is 5.69 Å². The number of halogens is 2. The maximum Gasteiger partial charge on any atom is 0.161 e. The molecule has 0 unspecified atom stereocenters. The monoisotopic (exact) mass is 325 g/mol. The molecule has 0 saturated heterocycles. The van der Waals surface area contributed by atoms with Gasteiger partial charge in [-0.3, -0.25) is 0 Å². The standard InChI is InChI=1S/C16H17Cl2NO2/c1-2-20-14-8-3-4-9-15(14)21-11-10-19-16-12(17)6-5-7-13(16)18/h3-9,19H,2,10-11H2,1H3. The van der Waals surface area contributed by atoms with Gasteiger partial charge >= 0.3 is 0 Å². The lowest BCUT2D eigenvalue weighted by atomic mass is 10.3. The molecule has 0 bridgehead atoms. The Labute approximate surface area is 134 Å². The number of rotatable bonds is 7. The lowest BCUT2D eigenvalue weighted by Crippen LogP contribution is -2.12. The van der Waals surface area contributed by atoms with E-state index in [0.717, 1.165) is 17.2 Å². The minimum absolute atomic E-state index is 0.478. The SMILES string of the molecule is CCOc1ccccc1OCCNc1c(Cl)cccc1Cl. The molecular formula is C16H17Cl2NO2. The first-order valence-corrected chi connectivity index (χ1v) is 7.50. The molecule has 0 heterocycles. The van der Waals surface area contributed by atoms with Gasteiger partial charge in [-0.1, -0.05) is 41.4 Å². The molecule has 2 rings (SSSR count). The minimum Gasteiger partial charge on any atom is -0.490 e. The zero-order valence-electron chi connectivity index (χ0n) is 11.7. The molecule has 1 N–H and O–H groups in total. The van der Waals surface area contributed by atoms with Gasteiger partial charge in [0.05, 0.1) is 22.3 Å². The number of hydrogen-bond acceptors (Lipinski definition) is 3. The van der Waals surface area contributed by atoms with Crippen LogP contribution in [0.5, 0.6) is 11.5 Å². The normalized spacial score (nSPS) is 10.2. The van der Waals surface area contributed by atoms with Crippen LogP contribution in [-0.4, -0.2) is 19.8 Å². The van der Waals surface area contributed by atoms with Crippen LogP contribution < -0.4 is 14.8 Å². The number of nitrogens with one attached hydrogen (secondary N) is 1. The van der Waals surface area contributed by atoms with Gasteiger partial charge in [0.15, 0.2) is 11.5 Å². The first-order valence-electron chi connectivity index (χ1n) is 6.75. The summed E-state index contributed by atoms with van der Waals surface area (Å²) in [5, 5.41) is 4.36. The molecular weight excluding hydrogens is 309 g/mol. The summed E-state index contributed by atoms with van der Waals surface area (Å²) in [6, 6.07) is 13.0. The van der Waals surface area contributed by atoms with Gasteiger partial charge in [0.1, 0.15) is 6.61 Å². The van der Waals surface area contributed by atoms with Crippen LogP contribution in [0.1, 0.15) is 6.92 Å². The van der Waals surface area contributed by atoms with Gasteiger partial charge in [-0.2, -0.15) is 0 Å². The third-order valence-electron chi connectivity index (χ3n) is 2.77. The summed E-state index contributed by atoms with van der Waals surface area (Å²) in [5.74, 6) is 1.47. The fraction of sp³-hybridized carbons (Fsp3) is 0.250. The van der Waals surface area contributed by atoms with Gasteiger partial charge < -0.3 is 14.8 Å². The van der Waals surface area contributed by atoms with Gasteiger partial charge in [-0.05, 0) is 31.2 Å². The molecule has 0 saturated carbocycles. The van der Waals surface area contributed by atoms with E-state index in [2.05, 4.69) is 5.32 Å². The zero-order chi connectivity index (χ0) is 15.1. The minimum atomic E-state index is 0.478. The van der Waals surface area contributed by atoms with E-state index in [9.17, 15) is 0 Å². The number of anilines is 1. The fourth-order valence-corrected chi connectivity index (χ4v) is 2.38. The summed E-state index contributed by atoms with van der Waals surface area (Å²) in [6.45, 7) is 3.61. The molecule has 0 aliphatic carbocycles. The van der Waals surface area contributed by atoms with Crippen LogP contribution in [0, 0.1) is 0 Å². The van der Waals surface area contributed by atoms with Crippen molar-refractivity contribution in [3.05, 3.63) is 52.5 Å². The maximum atomic E-state index is 6.08. The predicted octanol–water partition coefficient (Wildman–Crippen LogP) is 4.88. The summed E-state index contributed by atoms with van der Waals surface area (Å²) in [4.78, 5) is 0. The molecule has 21 heavy (non-hydrogen) atoms. The molecule has 0 aliphatic rings. The van der Waals surface area contributed by atoms with Gasteiger partial charge in [0.2, 0.25) is 0 Å². The molecule has 5 heteroatoms. The molecule has 2 aromatic rings. The van der Waals surface area contributed by atoms with Crippen molar-refractivity contribution < 1.29 is 9.47 Å². The van der Waals surface area contributed by atoms with E-state index in [1.807, 2.05) is 37.3 Å². The Hall–Kier alpha value is -1.58. The average molecular weight is 326 g/mol. The first-order chi connectivity index (χ1) is 10.2. The number of hydrogen-bond donors (Lipinski definition) is 1. The molecule has 0 aliphatic heterocycles. The van der Waals surface area contributed by atoms with E-state index >= 15 is 0 Å². The molecule has 0 fully saturated rings. The average Bonchev–Trinajstić information content (AvgIpc) is 2.48. The largest absolute Gasteiger partial charge is 0.490 e.